The van der Waals surface area contributed by atoms with Crippen LogP contribution in [0.1, 0.15) is 45.0 Å². The van der Waals surface area contributed by atoms with Gasteiger partial charge >= 0.3 is 695 Å². The van der Waals surface area contributed by atoms with E-state index in [4.69, 9.17) is 33.8 Å². The molecule has 0 aliphatic heterocycles. The van der Waals surface area contributed by atoms with Gasteiger partial charge in [-0.2, -0.15) is 0 Å². The minimum absolute atomic E-state index is 0. The van der Waals surface area contributed by atoms with Crippen LogP contribution in [0.25, 0.3) is 0 Å². The first-order chi connectivity index (χ1) is 34.1. The summed E-state index contributed by atoms with van der Waals surface area (Å²) >= 11 is 25.0. The number of anilines is 4. The Balaban J connectivity index is -0.0000000843. The Kier molecular flexibility index (Phi) is 174. The van der Waals surface area contributed by atoms with Crippen molar-refractivity contribution in [2.75, 3.05) is 47.6 Å². The molecule has 0 radical (unpaired) electrons. The number of hydrogen-bond donors (Lipinski definition) is 2. The number of nitrogens with zero attached hydrogens (tertiary/aromatic N) is 2. The minimum atomic E-state index is -0.311. The number of benzene rings is 4. The van der Waals surface area contributed by atoms with Crippen molar-refractivity contribution in [2.24, 2.45) is 0 Å². The van der Waals surface area contributed by atoms with Crippen LogP contribution in [-0.2, 0) is 45.0 Å². The fraction of sp³-hybridized carbons (Fsp3) is 0.268. The van der Waals surface area contributed by atoms with E-state index in [9.17, 15) is 18.4 Å². The van der Waals surface area contributed by atoms with Crippen LogP contribution in [0.4, 0.5) is 31.5 Å². The van der Waals surface area contributed by atoms with E-state index in [2.05, 4.69) is 11.8 Å². The number of nitrogens with two attached hydrogens (primary N) is 2. The van der Waals surface area contributed by atoms with Gasteiger partial charge in [0.15, 0.2) is 0 Å². The molecule has 4 aromatic rings. The van der Waals surface area contributed by atoms with Crippen LogP contribution in [0.3, 0.4) is 0 Å². The van der Waals surface area contributed by atoms with Gasteiger partial charge in [-0.1, -0.05) is 55.7 Å². The van der Waals surface area contributed by atoms with Gasteiger partial charge in [0.1, 0.15) is 11.6 Å². The van der Waals surface area contributed by atoms with Gasteiger partial charge < -0.3 is 32.2 Å². The number of terminal acetylenes is 2. The summed E-state index contributed by atoms with van der Waals surface area (Å²) in [7, 11) is 0. The van der Waals surface area contributed by atoms with E-state index in [-0.39, 0.29) is 96.7 Å². The van der Waals surface area contributed by atoms with Crippen molar-refractivity contribution in [3.05, 3.63) is 119 Å². The Morgan fingerprint density at radius 3 is 0.972 bits per heavy atom. The van der Waals surface area contributed by atoms with E-state index in [0.29, 0.717) is 61.9 Å². The molecule has 4 N–H and O–H groups in total. The van der Waals surface area contributed by atoms with E-state index in [0.717, 1.165) is 22.5 Å². The number of carbonyl (C=O) groups is 2. The number of nitrogen functional groups attached to an aromatic ring is 2. The maximum absolute atomic E-state index is 13.1. The van der Waals surface area contributed by atoms with Gasteiger partial charge in [0, 0.05) is 35.8 Å². The van der Waals surface area contributed by atoms with E-state index < -0.39 is 0 Å². The predicted octanol–water partition coefficient (Wildman–Crippen LogP) is -3.56. The third-order valence-corrected chi connectivity index (χ3v) is 7.41. The van der Waals surface area contributed by atoms with E-state index in [1.807, 2.05) is 21.9 Å². The van der Waals surface area contributed by atoms with Crippen molar-refractivity contribution in [3.63, 3.8) is 0 Å². The van der Waals surface area contributed by atoms with Gasteiger partial charge in [0.05, 0.1) is 39.1 Å². The molecule has 4 aromatic carbocycles. The Morgan fingerprint density at radius 2 is 0.764 bits per heavy atom. The molecule has 0 spiro atoms. The number of rotatable bonds is 14. The number of esters is 2. The first-order valence-electron chi connectivity index (χ1n) is 26.0. The third kappa shape index (κ3) is 76.6. The molecule has 0 saturated heterocycles. The summed E-state index contributed by atoms with van der Waals surface area (Å²) in [6.45, 7) is 6.02. The van der Waals surface area contributed by atoms with Crippen molar-refractivity contribution in [1.29, 1.82) is 0 Å². The second kappa shape index (κ2) is 104. The zero-order valence-electron chi connectivity index (χ0n) is 50.3. The number of hydrogen-bond acceptors (Lipinski definition) is 8. The molecule has 0 heterocycles. The van der Waals surface area contributed by atoms with Crippen molar-refractivity contribution in [1.82, 2.24) is 0 Å². The number of carbonyl (C=O) groups excluding carboxylic acids is 2. The summed E-state index contributed by atoms with van der Waals surface area (Å²) in [6.07, 6.45) is 11.2. The summed E-state index contributed by atoms with van der Waals surface area (Å²) in [5.74, 6) is 4.06. The molecule has 290 valence electrons. The normalized spacial score (nSPS) is 8.14. The second-order valence-corrected chi connectivity index (χ2v) is 11.1. The van der Waals surface area contributed by atoms with Crippen molar-refractivity contribution >= 4 is 666 Å². The number of ether oxygens (including phenoxy) is 2. The summed E-state index contributed by atoms with van der Waals surface area (Å²) in [5, 5.41) is 0. The molecule has 0 fully saturated rings. The fourth-order valence-corrected chi connectivity index (χ4v) is 4.93. The summed E-state index contributed by atoms with van der Waals surface area (Å²) < 4.78 is 36.0. The molecule has 0 aromatic heterocycles. The SMILES string of the molecule is C.C#CCN(Cc1ccc(F)cc1)c1ccc(CC(=O)OCC)c(N)c1.C#CCN(Cc1ccc(F)cc1)c1ccc(CC(=O)OCC)c(N)c1.[H-].[K+].[K][K].[K][K].[K][K].[K][K].[K][K].[K][K].[K][K].[K][K].[K][K].[K][K]. The Bertz CT molecular complexity index is 1740. The first-order valence-corrected chi connectivity index (χ1v) is 186. The molecule has 0 amide bonds. The first kappa shape index (κ1) is 121. The van der Waals surface area contributed by atoms with E-state index in [1.54, 1.807) is 62.4 Å². The zero-order chi connectivity index (χ0) is 56.5. The van der Waals surface area contributed by atoms with Gasteiger partial charge in [-0.05, 0) is 84.6 Å². The molecule has 72 heavy (non-hydrogen) atoms. The predicted molar refractivity (Wildman–Crippen MR) is 318 cm³/mol. The molecule has 8 nitrogen and oxygen atoms in total. The molecular weight excluding hydrogens is 1470 g/mol. The molecule has 31 heteroatoms. The second-order valence-electron chi connectivity index (χ2n) is 11.1. The van der Waals surface area contributed by atoms with E-state index in [1.165, 1.54) is 656 Å². The van der Waals surface area contributed by atoms with Crippen LogP contribution in [0.5, 0.6) is 0 Å². The summed E-state index contributed by atoms with van der Waals surface area (Å²) in [6, 6.07) is 23.5. The standard InChI is InChI=1S/2C20H21FN2O2.CH4.21K.H/c2*1-3-11-23(14-15-5-8-17(21)9-6-15)18-10-7-16(19(22)13-18)12-20(24)25-4-2;;;;;;;;;;;;;;;;;;;;;;;/h2*1,5-10,13H,4,11-12,14,22H2,2H3;1H4;;;;;;;;;;;;;;;;;;;;;;/q;;;;;;;;;;;;;;;;;;;;;;;+1;-1. The topological polar surface area (TPSA) is 111 Å². The van der Waals surface area contributed by atoms with Crippen molar-refractivity contribution in [3.8, 4) is 24.7 Å². The zero-order valence-corrected chi connectivity index (χ0v) is 115. The van der Waals surface area contributed by atoms with Crippen LogP contribution in [0.15, 0.2) is 84.9 Å². The molecule has 0 aliphatic rings. The Hall–Kier alpha value is 28.4. The summed E-state index contributed by atoms with van der Waals surface area (Å²) in [5.41, 5.74) is 18.1. The molecule has 0 bridgehead atoms. The monoisotopic (exact) mass is 1520 g/mol. The van der Waals surface area contributed by atoms with Gasteiger partial charge in [-0.25, -0.2) is 8.78 Å². The molecule has 0 atom stereocenters. The maximum atomic E-state index is 13.1. The molecule has 4 rings (SSSR count). The molecular formula is C41H47F2K21N4O4. The summed E-state index contributed by atoms with van der Waals surface area (Å²) in [4.78, 5) is 27.1. The fourth-order valence-electron chi connectivity index (χ4n) is 4.93. The van der Waals surface area contributed by atoms with Crippen molar-refractivity contribution < 1.29 is 80.7 Å². The third-order valence-electron chi connectivity index (χ3n) is 7.41. The Morgan fingerprint density at radius 1 is 0.514 bits per heavy atom. The Labute approximate surface area is 933 Å². The average molecular weight is 1520 g/mol. The molecule has 0 saturated carbocycles. The van der Waals surface area contributed by atoms with Crippen LogP contribution in [0, 0.1) is 36.3 Å². The van der Waals surface area contributed by atoms with Crippen molar-refractivity contribution in [2.45, 2.75) is 47.2 Å². The van der Waals surface area contributed by atoms with E-state index >= 15 is 0 Å². The van der Waals surface area contributed by atoms with Gasteiger partial charge in [-0.3, -0.25) is 9.59 Å². The number of halogens is 2. The van der Waals surface area contributed by atoms with Gasteiger partial charge in [0.25, 0.3) is 0 Å². The quantitative estimate of drug-likeness (QED) is 0.0579. The van der Waals surface area contributed by atoms with Gasteiger partial charge in [0.2, 0.25) is 0 Å². The van der Waals surface area contributed by atoms with Crippen LogP contribution in [0.2, 0.25) is 0 Å². The molecule has 0 unspecified atom stereocenters. The van der Waals surface area contributed by atoms with Crippen LogP contribution >= 0.6 is 0 Å². The average Bonchev–Trinajstić information content (AvgIpc) is 3.42. The van der Waals surface area contributed by atoms with Crippen LogP contribution < -0.4 is 72.7 Å². The van der Waals surface area contributed by atoms with Crippen LogP contribution in [-0.4, -0.2) is 670 Å². The van der Waals surface area contributed by atoms with Gasteiger partial charge in [-0.15, -0.1) is 12.8 Å². The molecule has 0 aliphatic carbocycles.